The van der Waals surface area contributed by atoms with Crippen LogP contribution in [0.1, 0.15) is 51.0 Å². The lowest BCUT2D eigenvalue weighted by Gasteiger charge is -2.33. The molecule has 1 N–H and O–H groups in total. The van der Waals surface area contributed by atoms with E-state index in [0.29, 0.717) is 5.92 Å². The van der Waals surface area contributed by atoms with Gasteiger partial charge in [0, 0.05) is 30.1 Å². The third-order valence-electron chi connectivity index (χ3n) is 4.18. The fraction of sp³-hybridized carbons (Fsp3) is 0.786. The van der Waals surface area contributed by atoms with Gasteiger partial charge in [-0.2, -0.15) is 0 Å². The van der Waals surface area contributed by atoms with Crippen LogP contribution in [0.2, 0.25) is 0 Å². The second-order valence-electron chi connectivity index (χ2n) is 5.64. The predicted molar refractivity (Wildman–Crippen MR) is 74.5 cm³/mol. The summed E-state index contributed by atoms with van der Waals surface area (Å²) in [5.41, 5.74) is 0. The van der Waals surface area contributed by atoms with Gasteiger partial charge in [-0.15, -0.1) is 11.3 Å². The number of nitrogens with zero attached hydrogens (tertiary/aromatic N) is 1. The molecular weight excluding hydrogens is 228 g/mol. The maximum absolute atomic E-state index is 4.39. The lowest BCUT2D eigenvalue weighted by atomic mass is 9.79. The number of hydrogen-bond acceptors (Lipinski definition) is 3. The van der Waals surface area contributed by atoms with Gasteiger partial charge in [0.1, 0.15) is 0 Å². The van der Waals surface area contributed by atoms with E-state index in [9.17, 15) is 0 Å². The predicted octanol–water partition coefficient (Wildman–Crippen LogP) is 3.66. The molecule has 2 nitrogen and oxygen atoms in total. The van der Waals surface area contributed by atoms with Crippen LogP contribution in [0.15, 0.2) is 11.6 Å². The second-order valence-corrected chi connectivity index (χ2v) is 6.57. The molecule has 4 unspecified atom stereocenters. The maximum Gasteiger partial charge on any atom is 0.0965 e. The van der Waals surface area contributed by atoms with Crippen molar-refractivity contribution < 1.29 is 0 Å². The van der Waals surface area contributed by atoms with E-state index < -0.39 is 0 Å². The normalized spacial score (nSPS) is 31.4. The molecule has 1 aromatic heterocycles. The number of thiazole rings is 1. The minimum atomic E-state index is 0.546. The zero-order valence-electron chi connectivity index (χ0n) is 11.1. The van der Waals surface area contributed by atoms with E-state index in [-0.39, 0.29) is 0 Å². The van der Waals surface area contributed by atoms with Crippen molar-refractivity contribution >= 4 is 11.3 Å². The molecule has 1 heterocycles. The van der Waals surface area contributed by atoms with Gasteiger partial charge in [-0.3, -0.25) is 0 Å². The van der Waals surface area contributed by atoms with Crippen LogP contribution in [0, 0.1) is 11.8 Å². The molecule has 0 bridgehead atoms. The van der Waals surface area contributed by atoms with Gasteiger partial charge in [0.2, 0.25) is 0 Å². The highest BCUT2D eigenvalue weighted by atomic mass is 32.1. The molecule has 1 aliphatic carbocycles. The van der Waals surface area contributed by atoms with E-state index in [1.54, 1.807) is 11.3 Å². The Morgan fingerprint density at radius 2 is 2.24 bits per heavy atom. The summed E-state index contributed by atoms with van der Waals surface area (Å²) in [6, 6.07) is 0.726. The molecule has 0 aromatic carbocycles. The number of nitrogens with one attached hydrogen (secondary N) is 1. The molecule has 0 spiro atoms. The molecule has 4 atom stereocenters. The fourth-order valence-electron chi connectivity index (χ4n) is 2.64. The zero-order valence-corrected chi connectivity index (χ0v) is 12.0. The Bertz CT molecular complexity index is 323. The van der Waals surface area contributed by atoms with Crippen molar-refractivity contribution in [3.05, 3.63) is 16.6 Å². The standard InChI is InChI=1S/C14H24N2S/c1-10-4-5-13(8-11(10)2)16-9-12(3)14-15-6-7-17-14/h6-7,10-13,16H,4-5,8-9H2,1-3H3. The Kier molecular flexibility index (Phi) is 4.57. The summed E-state index contributed by atoms with van der Waals surface area (Å²) in [5, 5.41) is 7.05. The Balaban J connectivity index is 1.75. The summed E-state index contributed by atoms with van der Waals surface area (Å²) < 4.78 is 0. The van der Waals surface area contributed by atoms with Crippen molar-refractivity contribution in [2.75, 3.05) is 6.54 Å². The van der Waals surface area contributed by atoms with Gasteiger partial charge in [-0.1, -0.05) is 20.8 Å². The van der Waals surface area contributed by atoms with Crippen molar-refractivity contribution in [1.29, 1.82) is 0 Å². The zero-order chi connectivity index (χ0) is 12.3. The van der Waals surface area contributed by atoms with Gasteiger partial charge < -0.3 is 5.32 Å². The van der Waals surface area contributed by atoms with Crippen LogP contribution in [-0.2, 0) is 0 Å². The highest BCUT2D eigenvalue weighted by Crippen LogP contribution is 2.29. The average Bonchev–Trinajstić information content (AvgIpc) is 2.84. The van der Waals surface area contributed by atoms with Gasteiger partial charge in [0.05, 0.1) is 5.01 Å². The summed E-state index contributed by atoms with van der Waals surface area (Å²) in [6.45, 7) is 8.11. The van der Waals surface area contributed by atoms with Gasteiger partial charge in [-0.05, 0) is 31.1 Å². The molecule has 0 aliphatic heterocycles. The van der Waals surface area contributed by atoms with Crippen LogP contribution in [0.3, 0.4) is 0 Å². The van der Waals surface area contributed by atoms with Crippen molar-refractivity contribution in [2.24, 2.45) is 11.8 Å². The van der Waals surface area contributed by atoms with E-state index in [4.69, 9.17) is 0 Å². The van der Waals surface area contributed by atoms with Crippen LogP contribution in [0.25, 0.3) is 0 Å². The first-order chi connectivity index (χ1) is 8.16. The Morgan fingerprint density at radius 1 is 1.41 bits per heavy atom. The molecule has 1 aromatic rings. The summed E-state index contributed by atoms with van der Waals surface area (Å²) in [6.07, 6.45) is 5.97. The smallest absolute Gasteiger partial charge is 0.0965 e. The number of hydrogen-bond donors (Lipinski definition) is 1. The maximum atomic E-state index is 4.39. The van der Waals surface area contributed by atoms with Gasteiger partial charge >= 0.3 is 0 Å². The van der Waals surface area contributed by atoms with Crippen LogP contribution >= 0.6 is 11.3 Å². The number of rotatable bonds is 4. The van der Waals surface area contributed by atoms with Crippen molar-refractivity contribution in [2.45, 2.75) is 52.0 Å². The minimum Gasteiger partial charge on any atom is -0.313 e. The first kappa shape index (κ1) is 13.0. The Labute approximate surface area is 109 Å². The minimum absolute atomic E-state index is 0.546. The van der Waals surface area contributed by atoms with Crippen LogP contribution in [-0.4, -0.2) is 17.6 Å². The van der Waals surface area contributed by atoms with Crippen LogP contribution < -0.4 is 5.32 Å². The third-order valence-corrected chi connectivity index (χ3v) is 5.19. The lowest BCUT2D eigenvalue weighted by molar-refractivity contribution is 0.225. The molecule has 1 fully saturated rings. The topological polar surface area (TPSA) is 24.9 Å². The molecule has 0 saturated heterocycles. The van der Waals surface area contributed by atoms with Crippen molar-refractivity contribution in [1.82, 2.24) is 10.3 Å². The Morgan fingerprint density at radius 3 is 2.88 bits per heavy atom. The lowest BCUT2D eigenvalue weighted by Crippen LogP contribution is -2.37. The van der Waals surface area contributed by atoms with E-state index in [1.165, 1.54) is 24.3 Å². The largest absolute Gasteiger partial charge is 0.313 e. The van der Waals surface area contributed by atoms with Crippen LogP contribution in [0.5, 0.6) is 0 Å². The van der Waals surface area contributed by atoms with Crippen molar-refractivity contribution in [3.8, 4) is 0 Å². The van der Waals surface area contributed by atoms with E-state index in [0.717, 1.165) is 24.4 Å². The van der Waals surface area contributed by atoms with Gasteiger partial charge in [0.15, 0.2) is 0 Å². The molecule has 17 heavy (non-hydrogen) atoms. The molecule has 96 valence electrons. The monoisotopic (exact) mass is 252 g/mol. The summed E-state index contributed by atoms with van der Waals surface area (Å²) >= 11 is 1.77. The Hall–Kier alpha value is -0.410. The van der Waals surface area contributed by atoms with Crippen LogP contribution in [0.4, 0.5) is 0 Å². The highest BCUT2D eigenvalue weighted by Gasteiger charge is 2.24. The van der Waals surface area contributed by atoms with E-state index >= 15 is 0 Å². The molecule has 3 heteroatoms. The molecule has 2 rings (SSSR count). The molecule has 1 aliphatic rings. The number of aromatic nitrogens is 1. The molecular formula is C14H24N2S. The van der Waals surface area contributed by atoms with Gasteiger partial charge in [-0.25, -0.2) is 4.98 Å². The fourth-order valence-corrected chi connectivity index (χ4v) is 3.34. The first-order valence-corrected chi connectivity index (χ1v) is 7.67. The average molecular weight is 252 g/mol. The third kappa shape index (κ3) is 3.52. The van der Waals surface area contributed by atoms with E-state index in [1.807, 2.05) is 6.20 Å². The molecule has 1 saturated carbocycles. The van der Waals surface area contributed by atoms with Gasteiger partial charge in [0.25, 0.3) is 0 Å². The first-order valence-electron chi connectivity index (χ1n) is 6.79. The SMILES string of the molecule is CC(CNC1CCC(C)C(C)C1)c1nccs1. The second kappa shape index (κ2) is 5.96. The highest BCUT2D eigenvalue weighted by molar-refractivity contribution is 7.09. The quantitative estimate of drug-likeness (QED) is 0.884. The summed E-state index contributed by atoms with van der Waals surface area (Å²) in [7, 11) is 0. The molecule has 0 amide bonds. The summed E-state index contributed by atoms with van der Waals surface area (Å²) in [5.74, 6) is 2.32. The van der Waals surface area contributed by atoms with E-state index in [2.05, 4.69) is 36.5 Å². The molecule has 0 radical (unpaired) electrons. The van der Waals surface area contributed by atoms with Crippen molar-refractivity contribution in [3.63, 3.8) is 0 Å². The summed E-state index contributed by atoms with van der Waals surface area (Å²) in [4.78, 5) is 4.39.